The molecule has 3 rings (SSSR count). The fourth-order valence-electron chi connectivity index (χ4n) is 2.94. The molecule has 3 aromatic rings. The Bertz CT molecular complexity index is 1050. The lowest BCUT2D eigenvalue weighted by Gasteiger charge is -2.06. The monoisotopic (exact) mass is 396 g/mol. The summed E-state index contributed by atoms with van der Waals surface area (Å²) in [6.45, 7) is 4.30. The van der Waals surface area contributed by atoms with Crippen LogP contribution in [0.4, 0.5) is 0 Å². The summed E-state index contributed by atoms with van der Waals surface area (Å²) in [5, 5.41) is 0. The molecule has 0 bridgehead atoms. The standard InChI is InChI=1S/C22H24N2O3S/c1-15(2)17-10-11-18-19(13-17)28-22(24(18)14-21(26)27-3)23-20(25)12-9-16-7-5-4-6-8-16/h4-8,10-11,13,15H,9,12,14H2,1-3H3. The van der Waals surface area contributed by atoms with Gasteiger partial charge >= 0.3 is 5.97 Å². The second-order valence-corrected chi connectivity index (χ2v) is 7.93. The molecular formula is C22H24N2O3S. The minimum atomic E-state index is -0.370. The molecule has 0 unspecified atom stereocenters. The number of esters is 1. The van der Waals surface area contributed by atoms with Gasteiger partial charge in [0, 0.05) is 6.42 Å². The number of thiazole rings is 1. The summed E-state index contributed by atoms with van der Waals surface area (Å²) in [5.74, 6) is -0.169. The van der Waals surface area contributed by atoms with Crippen LogP contribution in [0.1, 0.15) is 37.3 Å². The number of carbonyl (C=O) groups excluding carboxylic acids is 2. The van der Waals surface area contributed by atoms with Crippen molar-refractivity contribution >= 4 is 33.4 Å². The number of nitrogens with zero attached hydrogens (tertiary/aromatic N) is 2. The number of carbonyl (C=O) groups is 2. The van der Waals surface area contributed by atoms with E-state index in [2.05, 4.69) is 31.0 Å². The van der Waals surface area contributed by atoms with E-state index in [1.807, 2.05) is 36.4 Å². The van der Waals surface area contributed by atoms with Gasteiger partial charge < -0.3 is 9.30 Å². The summed E-state index contributed by atoms with van der Waals surface area (Å²) < 4.78 is 7.58. The van der Waals surface area contributed by atoms with Crippen LogP contribution in [0.5, 0.6) is 0 Å². The maximum absolute atomic E-state index is 12.5. The largest absolute Gasteiger partial charge is 0.468 e. The lowest BCUT2D eigenvalue weighted by atomic mass is 10.0. The van der Waals surface area contributed by atoms with E-state index in [9.17, 15) is 9.59 Å². The van der Waals surface area contributed by atoms with Gasteiger partial charge in [0.25, 0.3) is 0 Å². The summed E-state index contributed by atoms with van der Waals surface area (Å²) in [4.78, 5) is 29.2. The Kier molecular flexibility index (Phi) is 6.41. The molecule has 2 aromatic carbocycles. The van der Waals surface area contributed by atoms with Crippen LogP contribution in [-0.4, -0.2) is 23.6 Å². The first kappa shape index (κ1) is 20.0. The molecule has 0 spiro atoms. The maximum atomic E-state index is 12.5. The predicted octanol–water partition coefficient (Wildman–Crippen LogP) is 4.06. The van der Waals surface area contributed by atoms with Crippen LogP contribution < -0.4 is 4.80 Å². The van der Waals surface area contributed by atoms with E-state index in [0.29, 0.717) is 23.6 Å². The molecule has 0 N–H and O–H groups in total. The molecule has 0 radical (unpaired) electrons. The fourth-order valence-corrected chi connectivity index (χ4v) is 4.03. The Hall–Kier alpha value is -2.73. The molecule has 0 fully saturated rings. The van der Waals surface area contributed by atoms with Gasteiger partial charge in [-0.1, -0.05) is 61.6 Å². The number of amides is 1. The molecule has 1 heterocycles. The van der Waals surface area contributed by atoms with E-state index in [1.165, 1.54) is 24.0 Å². The third-order valence-corrected chi connectivity index (χ3v) is 5.62. The first-order chi connectivity index (χ1) is 13.5. The molecule has 0 saturated heterocycles. The van der Waals surface area contributed by atoms with Crippen molar-refractivity contribution in [2.75, 3.05) is 7.11 Å². The Morgan fingerprint density at radius 1 is 1.14 bits per heavy atom. The van der Waals surface area contributed by atoms with E-state index in [4.69, 9.17) is 4.74 Å². The Balaban J connectivity index is 1.94. The molecule has 6 heteroatoms. The minimum absolute atomic E-state index is 0.0301. The van der Waals surface area contributed by atoms with Crippen molar-refractivity contribution in [3.8, 4) is 0 Å². The molecule has 0 atom stereocenters. The second kappa shape index (κ2) is 8.97. The number of hydrogen-bond acceptors (Lipinski definition) is 4. The molecule has 5 nitrogen and oxygen atoms in total. The Morgan fingerprint density at radius 2 is 1.89 bits per heavy atom. The first-order valence-electron chi connectivity index (χ1n) is 9.29. The molecule has 0 aliphatic heterocycles. The Labute approximate surface area is 168 Å². The normalized spacial score (nSPS) is 11.9. The van der Waals surface area contributed by atoms with Crippen molar-refractivity contribution in [2.24, 2.45) is 4.99 Å². The van der Waals surface area contributed by atoms with Gasteiger partial charge in [0.1, 0.15) is 6.54 Å². The smallest absolute Gasteiger partial charge is 0.325 e. The van der Waals surface area contributed by atoms with E-state index in [1.54, 1.807) is 4.57 Å². The molecule has 28 heavy (non-hydrogen) atoms. The van der Waals surface area contributed by atoms with Crippen LogP contribution >= 0.6 is 11.3 Å². The lowest BCUT2D eigenvalue weighted by Crippen LogP contribution is -2.22. The SMILES string of the molecule is COC(=O)Cn1c(=NC(=O)CCc2ccccc2)sc2cc(C(C)C)ccc21. The summed E-state index contributed by atoms with van der Waals surface area (Å²) in [7, 11) is 1.36. The zero-order chi connectivity index (χ0) is 20.1. The number of methoxy groups -OCH3 is 1. The average molecular weight is 397 g/mol. The van der Waals surface area contributed by atoms with Crippen LogP contribution in [0.25, 0.3) is 10.2 Å². The van der Waals surface area contributed by atoms with Gasteiger partial charge in [-0.2, -0.15) is 4.99 Å². The number of rotatable bonds is 6. The number of hydrogen-bond donors (Lipinski definition) is 0. The minimum Gasteiger partial charge on any atom is -0.468 e. The average Bonchev–Trinajstić information content (AvgIpc) is 3.03. The van der Waals surface area contributed by atoms with E-state index < -0.39 is 0 Å². The first-order valence-corrected chi connectivity index (χ1v) is 10.1. The highest BCUT2D eigenvalue weighted by atomic mass is 32.1. The van der Waals surface area contributed by atoms with Crippen LogP contribution in [0.2, 0.25) is 0 Å². The summed E-state index contributed by atoms with van der Waals surface area (Å²) in [6.07, 6.45) is 0.969. The molecule has 1 amide bonds. The van der Waals surface area contributed by atoms with E-state index in [0.717, 1.165) is 15.8 Å². The van der Waals surface area contributed by atoms with Crippen LogP contribution in [0.15, 0.2) is 53.5 Å². The van der Waals surface area contributed by atoms with Crippen molar-refractivity contribution < 1.29 is 14.3 Å². The van der Waals surface area contributed by atoms with Gasteiger partial charge in [0.15, 0.2) is 4.80 Å². The molecule has 0 aliphatic rings. The van der Waals surface area contributed by atoms with Gasteiger partial charge in [0.05, 0.1) is 17.3 Å². The number of aromatic nitrogens is 1. The molecule has 0 saturated carbocycles. The zero-order valence-electron chi connectivity index (χ0n) is 16.3. The highest BCUT2D eigenvalue weighted by molar-refractivity contribution is 7.16. The van der Waals surface area contributed by atoms with Crippen molar-refractivity contribution in [3.05, 3.63) is 64.5 Å². The molecule has 1 aromatic heterocycles. The zero-order valence-corrected chi connectivity index (χ0v) is 17.2. The number of aryl methyl sites for hydroxylation is 1. The highest BCUT2D eigenvalue weighted by Crippen LogP contribution is 2.23. The second-order valence-electron chi connectivity index (χ2n) is 6.92. The van der Waals surface area contributed by atoms with E-state index >= 15 is 0 Å². The summed E-state index contributed by atoms with van der Waals surface area (Å²) in [6, 6.07) is 16.0. The maximum Gasteiger partial charge on any atom is 0.325 e. The van der Waals surface area contributed by atoms with Crippen molar-refractivity contribution in [3.63, 3.8) is 0 Å². The van der Waals surface area contributed by atoms with Crippen LogP contribution in [-0.2, 0) is 27.3 Å². The third-order valence-electron chi connectivity index (χ3n) is 4.58. The Morgan fingerprint density at radius 3 is 2.57 bits per heavy atom. The predicted molar refractivity (Wildman–Crippen MR) is 111 cm³/mol. The number of fused-ring (bicyclic) bond motifs is 1. The van der Waals surface area contributed by atoms with Gasteiger partial charge in [-0.25, -0.2) is 0 Å². The molecule has 146 valence electrons. The van der Waals surface area contributed by atoms with Gasteiger partial charge in [0.2, 0.25) is 5.91 Å². The van der Waals surface area contributed by atoms with Gasteiger partial charge in [-0.15, -0.1) is 0 Å². The summed E-state index contributed by atoms with van der Waals surface area (Å²) >= 11 is 1.43. The van der Waals surface area contributed by atoms with Crippen LogP contribution in [0, 0.1) is 0 Å². The third kappa shape index (κ3) is 4.75. The lowest BCUT2D eigenvalue weighted by molar-refractivity contribution is -0.141. The quantitative estimate of drug-likeness (QED) is 0.591. The summed E-state index contributed by atoms with van der Waals surface area (Å²) in [5.41, 5.74) is 3.20. The van der Waals surface area contributed by atoms with Gasteiger partial charge in [-0.05, 0) is 35.6 Å². The van der Waals surface area contributed by atoms with Crippen molar-refractivity contribution in [1.82, 2.24) is 4.57 Å². The molecular weight excluding hydrogens is 372 g/mol. The fraction of sp³-hybridized carbons (Fsp3) is 0.318. The van der Waals surface area contributed by atoms with Crippen molar-refractivity contribution in [1.29, 1.82) is 0 Å². The molecule has 0 aliphatic carbocycles. The highest BCUT2D eigenvalue weighted by Gasteiger charge is 2.13. The number of benzene rings is 2. The topological polar surface area (TPSA) is 60.7 Å². The van der Waals surface area contributed by atoms with Gasteiger partial charge in [-0.3, -0.25) is 9.59 Å². The van der Waals surface area contributed by atoms with Crippen molar-refractivity contribution in [2.45, 2.75) is 39.2 Å². The van der Waals surface area contributed by atoms with E-state index in [-0.39, 0.29) is 18.4 Å². The number of ether oxygens (including phenoxy) is 1. The van der Waals surface area contributed by atoms with Crippen LogP contribution in [0.3, 0.4) is 0 Å².